The second-order valence-corrected chi connectivity index (χ2v) is 7.79. The highest BCUT2D eigenvalue weighted by atomic mass is 32.1. The van der Waals surface area contributed by atoms with Crippen LogP contribution in [0, 0.1) is 0 Å². The molecule has 2 heterocycles. The lowest BCUT2D eigenvalue weighted by atomic mass is 10.0. The van der Waals surface area contributed by atoms with Gasteiger partial charge in [-0.1, -0.05) is 37.3 Å². The van der Waals surface area contributed by atoms with Crippen molar-refractivity contribution < 1.29 is 9.59 Å². The van der Waals surface area contributed by atoms with Crippen molar-refractivity contribution >= 4 is 40.4 Å². The highest BCUT2D eigenvalue weighted by Gasteiger charge is 2.26. The van der Waals surface area contributed by atoms with E-state index in [1.54, 1.807) is 30.7 Å². The zero-order chi connectivity index (χ0) is 19.9. The molecule has 3 rings (SSSR count). The van der Waals surface area contributed by atoms with Crippen LogP contribution in [0.3, 0.4) is 0 Å². The van der Waals surface area contributed by atoms with E-state index in [0.29, 0.717) is 19.5 Å². The van der Waals surface area contributed by atoms with Crippen LogP contribution in [0.15, 0.2) is 41.4 Å². The van der Waals surface area contributed by atoms with Crippen molar-refractivity contribution in [3.63, 3.8) is 0 Å². The molecular weight excluding hydrogens is 370 g/mol. The quantitative estimate of drug-likeness (QED) is 0.590. The van der Waals surface area contributed by atoms with Gasteiger partial charge in [0.1, 0.15) is 5.00 Å². The fraction of sp³-hybridized carbons (Fsp3) is 0.318. The molecule has 1 aromatic heterocycles. The van der Waals surface area contributed by atoms with Crippen LogP contribution in [0.2, 0.25) is 0 Å². The van der Waals surface area contributed by atoms with Crippen LogP contribution in [-0.2, 0) is 22.6 Å². The minimum Gasteiger partial charge on any atom is -0.337 e. The van der Waals surface area contributed by atoms with Gasteiger partial charge < -0.3 is 10.2 Å². The maximum Gasteiger partial charge on any atom is 0.249 e. The largest absolute Gasteiger partial charge is 0.337 e. The van der Waals surface area contributed by atoms with Gasteiger partial charge in [0.2, 0.25) is 11.8 Å². The maximum absolute atomic E-state index is 12.4. The smallest absolute Gasteiger partial charge is 0.249 e. The minimum atomic E-state index is -0.174. The SMILES string of the molecule is CCCC(=O)N1CCc2c(sc(NC(=O)/C=C/c3ccccc3)c2C=NC)C1. The molecule has 0 saturated heterocycles. The topological polar surface area (TPSA) is 61.8 Å². The Kier molecular flexibility index (Phi) is 6.76. The number of hydrogen-bond acceptors (Lipinski definition) is 4. The van der Waals surface area contributed by atoms with Crippen LogP contribution in [0.5, 0.6) is 0 Å². The Morgan fingerprint density at radius 2 is 2.07 bits per heavy atom. The summed E-state index contributed by atoms with van der Waals surface area (Å²) in [6.45, 7) is 3.35. The van der Waals surface area contributed by atoms with Crippen LogP contribution < -0.4 is 5.32 Å². The summed E-state index contributed by atoms with van der Waals surface area (Å²) in [6, 6.07) is 9.71. The van der Waals surface area contributed by atoms with E-state index in [1.807, 2.05) is 42.2 Å². The standard InChI is InChI=1S/C22H25N3O2S/c1-3-7-21(27)25-13-12-17-18(14-23-2)22(28-19(17)15-25)24-20(26)11-10-16-8-5-4-6-9-16/h4-6,8-11,14H,3,7,12-13,15H2,1-2H3,(H,24,26)/b11-10+,23-14?. The van der Waals surface area contributed by atoms with Crippen molar-refractivity contribution in [3.05, 3.63) is 58.0 Å². The number of amides is 2. The van der Waals surface area contributed by atoms with Crippen molar-refractivity contribution in [1.82, 2.24) is 4.90 Å². The predicted octanol–water partition coefficient (Wildman–Crippen LogP) is 4.13. The Labute approximate surface area is 169 Å². The van der Waals surface area contributed by atoms with Crippen molar-refractivity contribution in [1.29, 1.82) is 0 Å². The van der Waals surface area contributed by atoms with Crippen molar-refractivity contribution in [3.8, 4) is 0 Å². The first-order chi connectivity index (χ1) is 13.6. The number of nitrogens with one attached hydrogen (secondary N) is 1. The molecule has 28 heavy (non-hydrogen) atoms. The lowest BCUT2D eigenvalue weighted by Crippen LogP contribution is -2.35. The molecule has 0 atom stereocenters. The number of aliphatic imine (C=N–C) groups is 1. The van der Waals surface area contributed by atoms with Gasteiger partial charge in [-0.3, -0.25) is 14.6 Å². The van der Waals surface area contributed by atoms with Crippen LogP contribution >= 0.6 is 11.3 Å². The first-order valence-corrected chi connectivity index (χ1v) is 10.3. The maximum atomic E-state index is 12.4. The van der Waals surface area contributed by atoms with E-state index in [1.165, 1.54) is 11.6 Å². The van der Waals surface area contributed by atoms with E-state index in [9.17, 15) is 9.59 Å². The third-order valence-electron chi connectivity index (χ3n) is 4.64. The molecule has 0 fully saturated rings. The first kappa shape index (κ1) is 20.0. The number of thiophene rings is 1. The van der Waals surface area contributed by atoms with Gasteiger partial charge in [-0.15, -0.1) is 11.3 Å². The molecule has 1 N–H and O–H groups in total. The summed E-state index contributed by atoms with van der Waals surface area (Å²) >= 11 is 1.54. The Morgan fingerprint density at radius 1 is 1.29 bits per heavy atom. The van der Waals surface area contributed by atoms with Gasteiger partial charge >= 0.3 is 0 Å². The molecule has 0 bridgehead atoms. The monoisotopic (exact) mass is 395 g/mol. The fourth-order valence-electron chi connectivity index (χ4n) is 3.26. The van der Waals surface area contributed by atoms with Crippen LogP contribution in [-0.4, -0.2) is 36.5 Å². The average molecular weight is 396 g/mol. The Bertz CT molecular complexity index is 900. The molecule has 0 unspecified atom stereocenters. The fourth-order valence-corrected chi connectivity index (χ4v) is 4.50. The third-order valence-corrected chi connectivity index (χ3v) is 5.78. The predicted molar refractivity (Wildman–Crippen MR) is 116 cm³/mol. The molecule has 0 radical (unpaired) electrons. The van der Waals surface area contributed by atoms with E-state index in [4.69, 9.17) is 0 Å². The lowest BCUT2D eigenvalue weighted by molar-refractivity contribution is -0.132. The minimum absolute atomic E-state index is 0.174. The molecule has 0 aliphatic carbocycles. The van der Waals surface area contributed by atoms with Crippen LogP contribution in [0.1, 0.15) is 41.3 Å². The van der Waals surface area contributed by atoms with E-state index < -0.39 is 0 Å². The van der Waals surface area contributed by atoms with Gasteiger partial charge in [0.25, 0.3) is 0 Å². The Hall–Kier alpha value is -2.73. The number of nitrogens with zero attached hydrogens (tertiary/aromatic N) is 2. The Morgan fingerprint density at radius 3 is 2.79 bits per heavy atom. The van der Waals surface area contributed by atoms with Gasteiger partial charge in [-0.05, 0) is 30.0 Å². The first-order valence-electron chi connectivity index (χ1n) is 9.51. The summed E-state index contributed by atoms with van der Waals surface area (Å²) in [5.41, 5.74) is 3.13. The van der Waals surface area contributed by atoms with Gasteiger partial charge in [-0.25, -0.2) is 0 Å². The second-order valence-electron chi connectivity index (χ2n) is 6.68. The van der Waals surface area contributed by atoms with E-state index >= 15 is 0 Å². The molecule has 2 amide bonds. The highest BCUT2D eigenvalue weighted by molar-refractivity contribution is 7.17. The number of benzene rings is 1. The molecule has 1 aromatic carbocycles. The number of carbonyl (C=O) groups is 2. The van der Waals surface area contributed by atoms with Crippen LogP contribution in [0.25, 0.3) is 6.08 Å². The van der Waals surface area contributed by atoms with Crippen molar-refractivity contribution in [2.75, 3.05) is 18.9 Å². The summed E-state index contributed by atoms with van der Waals surface area (Å²) in [5, 5.41) is 3.78. The van der Waals surface area contributed by atoms with Crippen LogP contribution in [0.4, 0.5) is 5.00 Å². The summed E-state index contributed by atoms with van der Waals surface area (Å²) in [6.07, 6.45) is 7.36. The molecule has 1 aliphatic rings. The van der Waals surface area contributed by atoms with E-state index in [0.717, 1.165) is 33.8 Å². The summed E-state index contributed by atoms with van der Waals surface area (Å²) in [7, 11) is 1.73. The molecule has 0 saturated carbocycles. The highest BCUT2D eigenvalue weighted by Crippen LogP contribution is 2.36. The Balaban J connectivity index is 1.77. The third kappa shape index (κ3) is 4.75. The molecule has 0 spiro atoms. The van der Waals surface area contributed by atoms with Crippen molar-refractivity contribution in [2.24, 2.45) is 4.99 Å². The van der Waals surface area contributed by atoms with Gasteiger partial charge in [0, 0.05) is 42.7 Å². The van der Waals surface area contributed by atoms with Gasteiger partial charge in [-0.2, -0.15) is 0 Å². The van der Waals surface area contributed by atoms with E-state index in [-0.39, 0.29) is 11.8 Å². The number of anilines is 1. The second kappa shape index (κ2) is 9.46. The molecule has 146 valence electrons. The number of fused-ring (bicyclic) bond motifs is 1. The zero-order valence-corrected chi connectivity index (χ0v) is 17.1. The molecular formula is C22H25N3O2S. The summed E-state index contributed by atoms with van der Waals surface area (Å²) < 4.78 is 0. The van der Waals surface area contributed by atoms with Gasteiger partial charge in [0.15, 0.2) is 0 Å². The molecule has 5 nitrogen and oxygen atoms in total. The normalized spacial score (nSPS) is 13.9. The zero-order valence-electron chi connectivity index (χ0n) is 16.3. The molecule has 2 aromatic rings. The summed E-state index contributed by atoms with van der Waals surface area (Å²) in [4.78, 5) is 31.9. The van der Waals surface area contributed by atoms with Crippen molar-refractivity contribution in [2.45, 2.75) is 32.7 Å². The molecule has 1 aliphatic heterocycles. The lowest BCUT2D eigenvalue weighted by Gasteiger charge is -2.27. The van der Waals surface area contributed by atoms with Gasteiger partial charge in [0.05, 0.1) is 6.54 Å². The average Bonchev–Trinajstić information content (AvgIpc) is 3.04. The number of hydrogen-bond donors (Lipinski definition) is 1. The summed E-state index contributed by atoms with van der Waals surface area (Å²) in [5.74, 6) is 0.0238. The molecule has 6 heteroatoms. The number of rotatable bonds is 6. The number of carbonyl (C=O) groups excluding carboxylic acids is 2. The van der Waals surface area contributed by atoms with E-state index in [2.05, 4.69) is 10.3 Å².